The summed E-state index contributed by atoms with van der Waals surface area (Å²) in [4.78, 5) is 14.8. The summed E-state index contributed by atoms with van der Waals surface area (Å²) in [5.41, 5.74) is 5.41. The van der Waals surface area contributed by atoms with Crippen molar-refractivity contribution < 1.29 is 4.42 Å². The van der Waals surface area contributed by atoms with Crippen molar-refractivity contribution in [1.29, 1.82) is 0 Å². The molecule has 9 rings (SSSR count). The van der Waals surface area contributed by atoms with Gasteiger partial charge in [-0.25, -0.2) is 15.0 Å². The van der Waals surface area contributed by atoms with E-state index in [4.69, 9.17) is 14.4 Å². The average molecular weight is 513 g/mol. The van der Waals surface area contributed by atoms with Gasteiger partial charge in [0.1, 0.15) is 11.2 Å². The van der Waals surface area contributed by atoms with Crippen molar-refractivity contribution in [3.63, 3.8) is 0 Å². The monoisotopic (exact) mass is 512 g/mol. The third-order valence-electron chi connectivity index (χ3n) is 7.84. The van der Waals surface area contributed by atoms with Gasteiger partial charge in [0, 0.05) is 33.3 Å². The topological polar surface area (TPSA) is 56.7 Å². The number of aromatic nitrogens is 4. The number of fused-ring (bicyclic) bond motifs is 8. The number of furan rings is 1. The van der Waals surface area contributed by atoms with Gasteiger partial charge >= 0.3 is 0 Å². The van der Waals surface area contributed by atoms with Crippen LogP contribution >= 0.6 is 0 Å². The summed E-state index contributed by atoms with van der Waals surface area (Å²) in [6, 6.07) is 39.8. The number of para-hydroxylation sites is 2. The number of hydrogen-bond donors (Lipinski definition) is 0. The second kappa shape index (κ2) is 7.98. The Hall–Kier alpha value is -5.55. The lowest BCUT2D eigenvalue weighted by Crippen LogP contribution is -2.03. The van der Waals surface area contributed by atoms with Crippen LogP contribution in [0.2, 0.25) is 0 Å². The number of hydrogen-bond acceptors (Lipinski definition) is 4. The number of pyridine rings is 1. The zero-order chi connectivity index (χ0) is 26.2. The van der Waals surface area contributed by atoms with Gasteiger partial charge in [0.2, 0.25) is 0 Å². The van der Waals surface area contributed by atoms with Crippen LogP contribution in [0.4, 0.5) is 0 Å². The highest BCUT2D eigenvalue weighted by atomic mass is 16.3. The van der Waals surface area contributed by atoms with Crippen molar-refractivity contribution in [3.05, 3.63) is 121 Å². The molecule has 186 valence electrons. The van der Waals surface area contributed by atoms with Gasteiger partial charge in [-0.2, -0.15) is 0 Å². The van der Waals surface area contributed by atoms with Crippen molar-refractivity contribution in [2.75, 3.05) is 0 Å². The first-order valence-corrected chi connectivity index (χ1v) is 13.3. The molecule has 5 nitrogen and oxygen atoms in total. The largest absolute Gasteiger partial charge is 0.456 e. The molecule has 0 radical (unpaired) electrons. The summed E-state index contributed by atoms with van der Waals surface area (Å²) in [5.74, 6) is 1.41. The second-order valence-corrected chi connectivity index (χ2v) is 10.1. The summed E-state index contributed by atoms with van der Waals surface area (Å²) < 4.78 is 8.44. The highest BCUT2D eigenvalue weighted by Gasteiger charge is 2.19. The maximum absolute atomic E-state index is 6.18. The van der Waals surface area contributed by atoms with Gasteiger partial charge in [0.05, 0.1) is 16.4 Å². The lowest BCUT2D eigenvalue weighted by atomic mass is 10.1. The first kappa shape index (κ1) is 21.4. The van der Waals surface area contributed by atoms with E-state index in [2.05, 4.69) is 88.4 Å². The first-order chi connectivity index (χ1) is 19.8. The smallest absolute Gasteiger partial charge is 0.165 e. The maximum Gasteiger partial charge on any atom is 0.165 e. The van der Waals surface area contributed by atoms with E-state index < -0.39 is 0 Å². The summed E-state index contributed by atoms with van der Waals surface area (Å²) in [6.45, 7) is 0. The molecule has 0 amide bonds. The Morgan fingerprint density at radius 3 is 2.20 bits per heavy atom. The molecule has 4 aromatic heterocycles. The summed E-state index contributed by atoms with van der Waals surface area (Å²) in [6.07, 6.45) is 1.78. The van der Waals surface area contributed by atoms with Crippen molar-refractivity contribution in [1.82, 2.24) is 19.5 Å². The zero-order valence-electron chi connectivity index (χ0n) is 21.2. The Kier molecular flexibility index (Phi) is 4.27. The lowest BCUT2D eigenvalue weighted by molar-refractivity contribution is 0.669. The van der Waals surface area contributed by atoms with Crippen LogP contribution in [0.15, 0.2) is 126 Å². The molecule has 0 aliphatic carbocycles. The molecule has 5 aromatic carbocycles. The van der Waals surface area contributed by atoms with E-state index in [1.165, 1.54) is 21.5 Å². The second-order valence-electron chi connectivity index (χ2n) is 10.1. The third-order valence-corrected chi connectivity index (χ3v) is 7.84. The number of benzene rings is 5. The van der Waals surface area contributed by atoms with Gasteiger partial charge in [0.15, 0.2) is 17.3 Å². The highest BCUT2D eigenvalue weighted by molar-refractivity contribution is 6.14. The van der Waals surface area contributed by atoms with Gasteiger partial charge in [-0.15, -0.1) is 0 Å². The molecule has 0 saturated carbocycles. The summed E-state index contributed by atoms with van der Waals surface area (Å²) in [5, 5.41) is 7.85. The van der Waals surface area contributed by atoms with Crippen LogP contribution in [0.5, 0.6) is 0 Å². The van der Waals surface area contributed by atoms with Crippen LogP contribution in [0.25, 0.3) is 82.8 Å². The van der Waals surface area contributed by atoms with Crippen molar-refractivity contribution >= 4 is 65.6 Å². The number of nitrogens with zero attached hydrogens (tertiary/aromatic N) is 4. The summed E-state index contributed by atoms with van der Waals surface area (Å²) in [7, 11) is 0. The van der Waals surface area contributed by atoms with E-state index in [1.807, 2.05) is 36.4 Å². The molecule has 9 aromatic rings. The summed E-state index contributed by atoms with van der Waals surface area (Å²) >= 11 is 0. The Bertz CT molecular complexity index is 2450. The molecular formula is C35H20N4O. The van der Waals surface area contributed by atoms with E-state index in [0.29, 0.717) is 11.5 Å². The van der Waals surface area contributed by atoms with E-state index in [9.17, 15) is 0 Å². The van der Waals surface area contributed by atoms with Crippen LogP contribution in [-0.2, 0) is 0 Å². The van der Waals surface area contributed by atoms with Crippen molar-refractivity contribution in [2.45, 2.75) is 0 Å². The highest BCUT2D eigenvalue weighted by Crippen LogP contribution is 2.37. The Morgan fingerprint density at radius 1 is 0.525 bits per heavy atom. The predicted molar refractivity (Wildman–Crippen MR) is 162 cm³/mol. The van der Waals surface area contributed by atoms with Gasteiger partial charge in [0.25, 0.3) is 0 Å². The lowest BCUT2D eigenvalue weighted by Gasteiger charge is -2.12. The molecule has 0 bridgehead atoms. The molecular weight excluding hydrogens is 492 g/mol. The van der Waals surface area contributed by atoms with E-state index in [-0.39, 0.29) is 0 Å². The Labute approximate surface area is 228 Å². The van der Waals surface area contributed by atoms with E-state index in [1.54, 1.807) is 6.20 Å². The van der Waals surface area contributed by atoms with Crippen LogP contribution in [-0.4, -0.2) is 19.5 Å². The van der Waals surface area contributed by atoms with Crippen LogP contribution in [0.1, 0.15) is 0 Å². The van der Waals surface area contributed by atoms with Gasteiger partial charge in [-0.1, -0.05) is 66.7 Å². The van der Waals surface area contributed by atoms with Gasteiger partial charge in [-0.05, 0) is 59.3 Å². The molecule has 0 saturated heterocycles. The molecule has 0 N–H and O–H groups in total. The minimum Gasteiger partial charge on any atom is -0.456 e. The van der Waals surface area contributed by atoms with E-state index in [0.717, 1.165) is 49.7 Å². The fourth-order valence-electron chi connectivity index (χ4n) is 5.99. The van der Waals surface area contributed by atoms with Gasteiger partial charge in [-0.3, -0.25) is 4.57 Å². The molecule has 0 aliphatic rings. The van der Waals surface area contributed by atoms with Crippen LogP contribution in [0, 0.1) is 0 Å². The minimum atomic E-state index is 0.607. The third kappa shape index (κ3) is 3.00. The predicted octanol–water partition coefficient (Wildman–Crippen LogP) is 8.84. The van der Waals surface area contributed by atoms with Gasteiger partial charge < -0.3 is 4.42 Å². The SMILES string of the molecule is c1ccc2cc3c(cc2c1)c1ccccc1n3-c1nc(-c2ccc3c(c2)oc2ccccc23)nc2ncccc12. The quantitative estimate of drug-likeness (QED) is 0.232. The minimum absolute atomic E-state index is 0.607. The fraction of sp³-hybridized carbons (Fsp3) is 0. The van der Waals surface area contributed by atoms with Crippen molar-refractivity contribution in [2.24, 2.45) is 0 Å². The normalized spacial score (nSPS) is 12.0. The number of rotatable bonds is 2. The maximum atomic E-state index is 6.18. The van der Waals surface area contributed by atoms with Crippen LogP contribution in [0.3, 0.4) is 0 Å². The Morgan fingerprint density at radius 2 is 1.27 bits per heavy atom. The zero-order valence-corrected chi connectivity index (χ0v) is 21.2. The molecule has 0 spiro atoms. The van der Waals surface area contributed by atoms with Crippen LogP contribution < -0.4 is 0 Å². The van der Waals surface area contributed by atoms with Crippen molar-refractivity contribution in [3.8, 4) is 17.2 Å². The standard InChI is InChI=1S/C35H20N4O/c1-2-9-22-19-30-28(18-21(22)8-1)24-10-3-5-13-29(24)39(30)35-27-12-7-17-36-34(27)37-33(38-35)23-15-16-26-25-11-4-6-14-31(25)40-32(26)20-23/h1-20H. The Balaban J connectivity index is 1.37. The molecule has 5 heteroatoms. The average Bonchev–Trinajstić information content (AvgIpc) is 3.54. The van der Waals surface area contributed by atoms with E-state index >= 15 is 0 Å². The molecule has 4 heterocycles. The molecule has 0 unspecified atom stereocenters. The molecule has 0 aliphatic heterocycles. The first-order valence-electron chi connectivity index (χ1n) is 13.3. The molecule has 0 fully saturated rings. The fourth-order valence-corrected chi connectivity index (χ4v) is 5.99. The molecule has 40 heavy (non-hydrogen) atoms. The molecule has 0 atom stereocenters.